The van der Waals surface area contributed by atoms with Crippen LogP contribution in [0.2, 0.25) is 0 Å². The number of anilines is 1. The molecule has 1 saturated heterocycles. The number of halogens is 1. The Labute approximate surface area is 157 Å². The second-order valence-electron chi connectivity index (χ2n) is 5.27. The van der Waals surface area contributed by atoms with Crippen LogP contribution in [0, 0.1) is 0 Å². The number of hydrogen-bond donors (Lipinski definition) is 2. The predicted molar refractivity (Wildman–Crippen MR) is 93.6 cm³/mol. The number of nitrogens with zero attached hydrogens (tertiary/aromatic N) is 1. The van der Waals surface area contributed by atoms with E-state index in [9.17, 15) is 14.4 Å². The van der Waals surface area contributed by atoms with E-state index >= 15 is 0 Å². The van der Waals surface area contributed by atoms with Gasteiger partial charge in [0.15, 0.2) is 6.23 Å². The summed E-state index contributed by atoms with van der Waals surface area (Å²) in [6.07, 6.45) is 0.647. The Morgan fingerprint density at radius 2 is 2.31 bits per heavy atom. The molecule has 0 aromatic carbocycles. The largest absolute Gasteiger partial charge is 0.508 e. The molecule has 1 aliphatic heterocycles. The molecule has 0 radical (unpaired) electrons. The average molecular weight is 432 g/mol. The zero-order valence-electron chi connectivity index (χ0n) is 14.1. The standard InChI is InChI=1S/C15H18BrN3O7/c1-8(20)25-11-5-10(7-24-15(22)23-2)26-13(11)18-12-9(3-4-16)6-17-14(21)19-12/h3-4,6,10-11,13H,5,7H2,1-2H3,(H2,17,18,19,21)/t10-,11+,13+/m0/s1. The minimum absolute atomic E-state index is 0.0699. The highest BCUT2D eigenvalue weighted by molar-refractivity contribution is 9.11. The Hall–Kier alpha value is -2.40. The van der Waals surface area contributed by atoms with Gasteiger partial charge in [0, 0.05) is 25.1 Å². The highest BCUT2D eigenvalue weighted by Crippen LogP contribution is 2.26. The van der Waals surface area contributed by atoms with Crippen LogP contribution in [0.25, 0.3) is 6.08 Å². The van der Waals surface area contributed by atoms with Gasteiger partial charge in [-0.2, -0.15) is 4.98 Å². The fraction of sp³-hybridized carbons (Fsp3) is 0.467. The molecule has 1 aliphatic rings. The van der Waals surface area contributed by atoms with Crippen molar-refractivity contribution < 1.29 is 28.5 Å². The lowest BCUT2D eigenvalue weighted by molar-refractivity contribution is -0.148. The first-order valence-electron chi connectivity index (χ1n) is 7.59. The zero-order chi connectivity index (χ0) is 19.1. The van der Waals surface area contributed by atoms with Crippen molar-refractivity contribution in [3.63, 3.8) is 0 Å². The number of nitrogens with one attached hydrogen (secondary N) is 2. The van der Waals surface area contributed by atoms with Gasteiger partial charge < -0.3 is 29.2 Å². The minimum Gasteiger partial charge on any atom is -0.458 e. The van der Waals surface area contributed by atoms with Gasteiger partial charge in [-0.05, 0) is 11.1 Å². The number of H-pyrrole nitrogens is 1. The molecule has 1 fully saturated rings. The van der Waals surface area contributed by atoms with Crippen molar-refractivity contribution in [1.29, 1.82) is 0 Å². The van der Waals surface area contributed by atoms with E-state index in [1.165, 1.54) is 20.2 Å². The molecule has 3 atom stereocenters. The lowest BCUT2D eigenvalue weighted by Crippen LogP contribution is -2.34. The van der Waals surface area contributed by atoms with E-state index in [1.807, 2.05) is 0 Å². The summed E-state index contributed by atoms with van der Waals surface area (Å²) in [5.74, 6) is -0.236. The predicted octanol–water partition coefficient (Wildman–Crippen LogP) is 1.38. The molecule has 11 heteroatoms. The van der Waals surface area contributed by atoms with Crippen LogP contribution in [0.1, 0.15) is 18.9 Å². The summed E-state index contributed by atoms with van der Waals surface area (Å²) in [6, 6.07) is 0. The first-order chi connectivity index (χ1) is 12.4. The van der Waals surface area contributed by atoms with Gasteiger partial charge in [0.05, 0.1) is 13.2 Å². The van der Waals surface area contributed by atoms with E-state index in [2.05, 4.69) is 36.0 Å². The summed E-state index contributed by atoms with van der Waals surface area (Å²) in [5.41, 5.74) is 0.0349. The maximum absolute atomic E-state index is 11.5. The molecule has 10 nitrogen and oxygen atoms in total. The summed E-state index contributed by atoms with van der Waals surface area (Å²) < 4.78 is 20.3. The Morgan fingerprint density at radius 1 is 1.54 bits per heavy atom. The number of carbonyl (C=O) groups is 2. The molecule has 2 N–H and O–H groups in total. The number of aromatic nitrogens is 2. The first kappa shape index (κ1) is 19.9. The quantitative estimate of drug-likeness (QED) is 0.641. The molecule has 142 valence electrons. The molecule has 0 amide bonds. The van der Waals surface area contributed by atoms with Crippen molar-refractivity contribution in [3.8, 4) is 0 Å². The SMILES string of the molecule is COC(=O)OC[C@@H]1C[C@@H](OC(C)=O)[C@H](Nc2nc(=O)[nH]cc2C=CBr)O1. The maximum atomic E-state index is 11.5. The van der Waals surface area contributed by atoms with Crippen LogP contribution in [-0.2, 0) is 23.7 Å². The second-order valence-corrected chi connectivity index (χ2v) is 5.80. The Balaban J connectivity index is 2.14. The summed E-state index contributed by atoms with van der Waals surface area (Å²) in [5, 5.41) is 2.95. The van der Waals surface area contributed by atoms with Crippen molar-refractivity contribution in [2.24, 2.45) is 0 Å². The molecular formula is C15H18BrN3O7. The van der Waals surface area contributed by atoms with E-state index in [1.54, 1.807) is 11.1 Å². The van der Waals surface area contributed by atoms with Gasteiger partial charge in [0.25, 0.3) is 0 Å². The summed E-state index contributed by atoms with van der Waals surface area (Å²) in [4.78, 5) is 41.9. The number of aromatic amines is 1. The van der Waals surface area contributed by atoms with Crippen LogP contribution in [0.15, 0.2) is 16.0 Å². The molecule has 26 heavy (non-hydrogen) atoms. The molecule has 2 heterocycles. The van der Waals surface area contributed by atoms with E-state index in [-0.39, 0.29) is 12.4 Å². The van der Waals surface area contributed by atoms with Crippen molar-refractivity contribution in [2.45, 2.75) is 31.8 Å². The molecular weight excluding hydrogens is 414 g/mol. The van der Waals surface area contributed by atoms with Crippen LogP contribution in [0.5, 0.6) is 0 Å². The Morgan fingerprint density at radius 3 is 2.96 bits per heavy atom. The lowest BCUT2D eigenvalue weighted by Gasteiger charge is -2.20. The maximum Gasteiger partial charge on any atom is 0.508 e. The molecule has 2 rings (SSSR count). The third-order valence-electron chi connectivity index (χ3n) is 3.40. The molecule has 0 unspecified atom stereocenters. The smallest absolute Gasteiger partial charge is 0.458 e. The molecule has 0 spiro atoms. The van der Waals surface area contributed by atoms with Crippen LogP contribution in [-0.4, -0.2) is 54.2 Å². The number of rotatable bonds is 6. The van der Waals surface area contributed by atoms with Gasteiger partial charge in [-0.25, -0.2) is 9.59 Å². The summed E-state index contributed by atoms with van der Waals surface area (Å²) in [6.45, 7) is 1.21. The van der Waals surface area contributed by atoms with Gasteiger partial charge in [-0.3, -0.25) is 4.79 Å². The van der Waals surface area contributed by atoms with Crippen molar-refractivity contribution in [1.82, 2.24) is 9.97 Å². The fourth-order valence-corrected chi connectivity index (χ4v) is 2.65. The Kier molecular flexibility index (Phi) is 7.16. The van der Waals surface area contributed by atoms with Crippen LogP contribution in [0.3, 0.4) is 0 Å². The van der Waals surface area contributed by atoms with Crippen molar-refractivity contribution in [3.05, 3.63) is 27.2 Å². The fourth-order valence-electron chi connectivity index (χ4n) is 2.36. The van der Waals surface area contributed by atoms with E-state index in [0.717, 1.165) is 0 Å². The van der Waals surface area contributed by atoms with Crippen LogP contribution < -0.4 is 11.0 Å². The molecule has 1 aromatic heterocycles. The molecule has 0 aliphatic carbocycles. The lowest BCUT2D eigenvalue weighted by atomic mass is 10.2. The summed E-state index contributed by atoms with van der Waals surface area (Å²) >= 11 is 3.16. The topological polar surface area (TPSA) is 129 Å². The number of hydrogen-bond acceptors (Lipinski definition) is 9. The molecule has 0 saturated carbocycles. The summed E-state index contributed by atoms with van der Waals surface area (Å²) in [7, 11) is 1.20. The van der Waals surface area contributed by atoms with Crippen LogP contribution >= 0.6 is 15.9 Å². The monoisotopic (exact) mass is 431 g/mol. The average Bonchev–Trinajstić information content (AvgIpc) is 2.96. The van der Waals surface area contributed by atoms with Gasteiger partial charge >= 0.3 is 17.8 Å². The van der Waals surface area contributed by atoms with Crippen molar-refractivity contribution in [2.75, 3.05) is 19.0 Å². The number of ether oxygens (including phenoxy) is 4. The highest BCUT2D eigenvalue weighted by Gasteiger charge is 2.38. The highest BCUT2D eigenvalue weighted by atomic mass is 79.9. The third kappa shape index (κ3) is 5.56. The first-order valence-corrected chi connectivity index (χ1v) is 8.51. The molecule has 0 bridgehead atoms. The number of carbonyl (C=O) groups excluding carboxylic acids is 2. The van der Waals surface area contributed by atoms with Gasteiger partial charge in [0.2, 0.25) is 0 Å². The normalized spacial score (nSPS) is 22.2. The van der Waals surface area contributed by atoms with Gasteiger partial charge in [-0.1, -0.05) is 15.9 Å². The van der Waals surface area contributed by atoms with Crippen LogP contribution in [0.4, 0.5) is 10.6 Å². The van der Waals surface area contributed by atoms with E-state index in [4.69, 9.17) is 14.2 Å². The number of esters is 1. The zero-order valence-corrected chi connectivity index (χ0v) is 15.6. The Bertz CT molecular complexity index is 736. The van der Waals surface area contributed by atoms with E-state index < -0.39 is 36.3 Å². The minimum atomic E-state index is -0.838. The molecule has 1 aromatic rings. The third-order valence-corrected chi connectivity index (χ3v) is 3.67. The van der Waals surface area contributed by atoms with Gasteiger partial charge in [-0.15, -0.1) is 0 Å². The van der Waals surface area contributed by atoms with Gasteiger partial charge in [0.1, 0.15) is 18.5 Å². The second kappa shape index (κ2) is 9.34. The van der Waals surface area contributed by atoms with E-state index in [0.29, 0.717) is 12.0 Å². The van der Waals surface area contributed by atoms with Crippen molar-refractivity contribution >= 4 is 39.9 Å². The number of methoxy groups -OCH3 is 1.